The molecule has 1 spiro atoms. The number of alkyl halides is 3. The van der Waals surface area contributed by atoms with E-state index in [4.69, 9.17) is 21.3 Å². The quantitative estimate of drug-likeness (QED) is 0.301. The summed E-state index contributed by atoms with van der Waals surface area (Å²) in [6.07, 6.45) is 1.74. The first kappa shape index (κ1) is 32.4. The fraction of sp³-hybridized carbons (Fsp3) is 0.412. The lowest BCUT2D eigenvalue weighted by molar-refractivity contribution is -0.137. The van der Waals surface area contributed by atoms with Gasteiger partial charge in [0.25, 0.3) is 11.5 Å². The van der Waals surface area contributed by atoms with Crippen LogP contribution in [0.5, 0.6) is 5.75 Å². The lowest BCUT2D eigenvalue weighted by Crippen LogP contribution is -2.50. The van der Waals surface area contributed by atoms with Crippen LogP contribution < -0.4 is 10.9 Å². The fourth-order valence-electron chi connectivity index (χ4n) is 7.82. The summed E-state index contributed by atoms with van der Waals surface area (Å²) in [5.41, 5.74) is 0.177. The van der Waals surface area contributed by atoms with Crippen LogP contribution in [0.2, 0.25) is 5.02 Å². The highest BCUT2D eigenvalue weighted by atomic mass is 35.5. The summed E-state index contributed by atoms with van der Waals surface area (Å²) in [7, 11) is 0. The van der Waals surface area contributed by atoms with Crippen molar-refractivity contribution in [2.24, 2.45) is 5.92 Å². The Morgan fingerprint density at radius 3 is 2.68 bits per heavy atom. The molecule has 2 amide bonds. The SMILES string of the molecule is O=C(Cn1c2c(c(=O)n3nc(C4=CCOCC4)nc13)C1(CCN(C(=O)c3ncccc3O)CC1)CC1CC21)Nc1ccc(C(F)(F)F)cc1Cl. The zero-order valence-corrected chi connectivity index (χ0v) is 27.3. The average molecular weight is 710 g/mol. The Hall–Kier alpha value is -4.76. The van der Waals surface area contributed by atoms with E-state index < -0.39 is 29.0 Å². The summed E-state index contributed by atoms with van der Waals surface area (Å²) < 4.78 is 48.1. The Kier molecular flexibility index (Phi) is 7.75. The fourth-order valence-corrected chi connectivity index (χ4v) is 8.05. The van der Waals surface area contributed by atoms with E-state index in [1.54, 1.807) is 15.5 Å². The lowest BCUT2D eigenvalue weighted by Gasteiger charge is -2.45. The molecule has 1 saturated carbocycles. The number of hydrogen-bond acceptors (Lipinski definition) is 8. The van der Waals surface area contributed by atoms with Gasteiger partial charge >= 0.3 is 6.18 Å². The maximum absolute atomic E-state index is 14.5. The molecule has 4 aromatic rings. The molecule has 1 saturated heterocycles. The second kappa shape index (κ2) is 11.9. The molecule has 1 aromatic carbocycles. The maximum Gasteiger partial charge on any atom is 0.416 e. The van der Waals surface area contributed by atoms with Gasteiger partial charge in [0, 0.05) is 41.9 Å². The summed E-state index contributed by atoms with van der Waals surface area (Å²) in [6.45, 7) is 1.20. The third-order valence-electron chi connectivity index (χ3n) is 10.4. The van der Waals surface area contributed by atoms with Crippen LogP contribution >= 0.6 is 11.6 Å². The number of ether oxygens (including phenoxy) is 1. The summed E-state index contributed by atoms with van der Waals surface area (Å²) in [6, 6.07) is 5.67. The number of carbonyl (C=O) groups excluding carboxylic acids is 2. The van der Waals surface area contributed by atoms with Crippen LogP contribution in [0.4, 0.5) is 18.9 Å². The number of likely N-dealkylation sites (tertiary alicyclic amines) is 1. The number of fused-ring (bicyclic) bond motifs is 5. The monoisotopic (exact) mass is 709 g/mol. The van der Waals surface area contributed by atoms with Crippen molar-refractivity contribution in [1.82, 2.24) is 29.0 Å². The van der Waals surface area contributed by atoms with E-state index in [2.05, 4.69) is 15.4 Å². The van der Waals surface area contributed by atoms with Gasteiger partial charge in [-0.2, -0.15) is 22.7 Å². The number of aromatic nitrogens is 5. The predicted molar refractivity (Wildman–Crippen MR) is 174 cm³/mol. The summed E-state index contributed by atoms with van der Waals surface area (Å²) in [5, 5.41) is 17.3. The standard InChI is InChI=1S/C34H31ClF3N7O5/c35-22-15-20(34(36,37)38)3-4-23(22)40-25(47)17-44-28-21-14-19(21)16-33(7-10-43(11-8-33)31(49)27-24(46)2-1-9-39-27)26(28)30(48)45-32(44)41-29(42-45)18-5-12-50-13-6-18/h1-5,9,15,19,21,46H,6-8,10-14,16-17H2,(H,40,47). The molecule has 5 heterocycles. The number of benzene rings is 1. The molecule has 2 N–H and O–H groups in total. The number of hydrogen-bond donors (Lipinski definition) is 2. The first-order chi connectivity index (χ1) is 23.9. The van der Waals surface area contributed by atoms with Crippen LogP contribution in [0.3, 0.4) is 0 Å². The number of rotatable bonds is 5. The first-order valence-electron chi connectivity index (χ1n) is 16.3. The molecule has 50 heavy (non-hydrogen) atoms. The molecule has 16 heteroatoms. The number of carbonyl (C=O) groups is 2. The van der Waals surface area contributed by atoms with Crippen LogP contribution in [0, 0.1) is 5.92 Å². The van der Waals surface area contributed by atoms with Crippen LogP contribution in [-0.2, 0) is 27.7 Å². The Morgan fingerprint density at radius 2 is 1.98 bits per heavy atom. The molecule has 8 rings (SSSR count). The van der Waals surface area contributed by atoms with Crippen LogP contribution in [-0.4, -0.2) is 72.3 Å². The predicted octanol–water partition coefficient (Wildman–Crippen LogP) is 4.79. The number of halogens is 4. The topological polar surface area (TPSA) is 144 Å². The van der Waals surface area contributed by atoms with Gasteiger partial charge in [-0.3, -0.25) is 14.4 Å². The van der Waals surface area contributed by atoms with Gasteiger partial charge in [0.15, 0.2) is 11.5 Å². The summed E-state index contributed by atoms with van der Waals surface area (Å²) in [4.78, 5) is 52.0. The molecule has 2 aliphatic heterocycles. The van der Waals surface area contributed by atoms with E-state index in [1.807, 2.05) is 6.08 Å². The van der Waals surface area contributed by atoms with Gasteiger partial charge in [0.05, 0.1) is 29.5 Å². The van der Waals surface area contributed by atoms with Crippen molar-refractivity contribution in [3.05, 3.63) is 86.3 Å². The maximum atomic E-state index is 14.5. The molecule has 2 unspecified atom stereocenters. The van der Waals surface area contributed by atoms with Crippen molar-refractivity contribution in [3.63, 3.8) is 0 Å². The zero-order chi connectivity index (χ0) is 34.9. The minimum absolute atomic E-state index is 0.00311. The normalized spacial score (nSPS) is 21.0. The minimum atomic E-state index is -4.60. The van der Waals surface area contributed by atoms with Crippen molar-refractivity contribution in [2.75, 3.05) is 31.6 Å². The number of amides is 2. The van der Waals surface area contributed by atoms with Gasteiger partial charge in [-0.15, -0.1) is 5.10 Å². The highest BCUT2D eigenvalue weighted by molar-refractivity contribution is 6.33. The molecule has 2 fully saturated rings. The van der Waals surface area contributed by atoms with Crippen molar-refractivity contribution in [2.45, 2.75) is 56.2 Å². The number of pyridine rings is 1. The molecule has 12 nitrogen and oxygen atoms in total. The summed E-state index contributed by atoms with van der Waals surface area (Å²) >= 11 is 6.16. The largest absolute Gasteiger partial charge is 0.505 e. The molecule has 2 atom stereocenters. The van der Waals surface area contributed by atoms with Gasteiger partial charge in [0.2, 0.25) is 11.7 Å². The van der Waals surface area contributed by atoms with E-state index >= 15 is 0 Å². The van der Waals surface area contributed by atoms with Gasteiger partial charge < -0.3 is 24.6 Å². The number of nitrogens with one attached hydrogen (secondary N) is 1. The minimum Gasteiger partial charge on any atom is -0.505 e. The molecule has 4 aliphatic rings. The van der Waals surface area contributed by atoms with Crippen molar-refractivity contribution in [1.29, 1.82) is 0 Å². The van der Waals surface area contributed by atoms with Crippen LogP contribution in [0.25, 0.3) is 11.4 Å². The van der Waals surface area contributed by atoms with Crippen LogP contribution in [0.1, 0.15) is 71.2 Å². The molecule has 2 aliphatic carbocycles. The second-order valence-electron chi connectivity index (χ2n) is 13.3. The first-order valence-corrected chi connectivity index (χ1v) is 16.7. The van der Waals surface area contributed by atoms with E-state index in [1.165, 1.54) is 16.8 Å². The third kappa shape index (κ3) is 5.52. The third-order valence-corrected chi connectivity index (χ3v) is 10.7. The zero-order valence-electron chi connectivity index (χ0n) is 26.5. The highest BCUT2D eigenvalue weighted by Gasteiger charge is 2.56. The summed E-state index contributed by atoms with van der Waals surface area (Å²) in [5.74, 6) is -0.370. The number of aromatic hydroxyl groups is 1. The van der Waals surface area contributed by atoms with E-state index in [-0.39, 0.29) is 51.9 Å². The molecule has 260 valence electrons. The Balaban J connectivity index is 1.18. The molecule has 0 bridgehead atoms. The highest BCUT2D eigenvalue weighted by Crippen LogP contribution is 2.61. The molecule has 3 aromatic heterocycles. The van der Waals surface area contributed by atoms with Crippen molar-refractivity contribution < 1.29 is 32.6 Å². The number of anilines is 1. The second-order valence-corrected chi connectivity index (χ2v) is 13.8. The Labute approximate surface area is 287 Å². The van der Waals surface area contributed by atoms with Gasteiger partial charge in [-0.1, -0.05) is 17.7 Å². The van der Waals surface area contributed by atoms with Gasteiger partial charge in [0.1, 0.15) is 12.3 Å². The Bertz CT molecular complexity index is 2150. The number of nitrogens with zero attached hydrogens (tertiary/aromatic N) is 6. The molecular weight excluding hydrogens is 679 g/mol. The van der Waals surface area contributed by atoms with Gasteiger partial charge in [-0.25, -0.2) is 4.98 Å². The Morgan fingerprint density at radius 1 is 1.18 bits per heavy atom. The average Bonchev–Trinajstić information content (AvgIpc) is 3.72. The molecular formula is C34H31ClF3N7O5. The van der Waals surface area contributed by atoms with Crippen LogP contribution in [0.15, 0.2) is 47.4 Å². The van der Waals surface area contributed by atoms with Crippen molar-refractivity contribution >= 4 is 40.5 Å². The number of piperidine rings is 1. The van der Waals surface area contributed by atoms with Gasteiger partial charge in [-0.05, 0) is 73.9 Å². The van der Waals surface area contributed by atoms with E-state index in [0.29, 0.717) is 62.6 Å². The van der Waals surface area contributed by atoms with E-state index in [0.717, 1.165) is 36.6 Å². The van der Waals surface area contributed by atoms with Crippen molar-refractivity contribution in [3.8, 4) is 5.75 Å². The smallest absolute Gasteiger partial charge is 0.416 e. The lowest BCUT2D eigenvalue weighted by atomic mass is 9.66. The van der Waals surface area contributed by atoms with E-state index in [9.17, 15) is 32.7 Å². The molecule has 0 radical (unpaired) electrons.